The van der Waals surface area contributed by atoms with Crippen LogP contribution in [0.2, 0.25) is 0 Å². The Kier molecular flexibility index (Phi) is 6.53. The molecule has 1 heterocycles. The van der Waals surface area contributed by atoms with Crippen molar-refractivity contribution in [2.24, 2.45) is 0 Å². The number of carbonyl (C=O) groups excluding carboxylic acids is 1. The van der Waals surface area contributed by atoms with Crippen LogP contribution in [0.4, 0.5) is 5.13 Å². The summed E-state index contributed by atoms with van der Waals surface area (Å²) in [5.74, 6) is 1.18. The normalized spacial score (nSPS) is 11.1. The molecule has 0 aliphatic rings. The molecular weight excluding hydrogens is 442 g/mol. The van der Waals surface area contributed by atoms with E-state index in [-0.39, 0.29) is 5.91 Å². The van der Waals surface area contributed by atoms with E-state index in [0.29, 0.717) is 28.7 Å². The van der Waals surface area contributed by atoms with Gasteiger partial charge in [-0.3, -0.25) is 9.69 Å². The number of anilines is 1. The molecule has 0 unspecified atom stereocenters. The van der Waals surface area contributed by atoms with Gasteiger partial charge in [0.1, 0.15) is 0 Å². The Morgan fingerprint density at radius 3 is 2.32 bits per heavy atom. The Labute approximate surface area is 176 Å². The summed E-state index contributed by atoms with van der Waals surface area (Å²) in [5, 5.41) is 0.653. The lowest BCUT2D eigenvalue weighted by molar-refractivity contribution is 0.0985. The van der Waals surface area contributed by atoms with Crippen LogP contribution in [-0.4, -0.2) is 57.2 Å². The van der Waals surface area contributed by atoms with E-state index in [4.69, 9.17) is 14.5 Å². The van der Waals surface area contributed by atoms with Gasteiger partial charge >= 0.3 is 0 Å². The Bertz CT molecular complexity index is 932. The van der Waals surface area contributed by atoms with Crippen LogP contribution in [0.25, 0.3) is 10.2 Å². The molecule has 0 spiro atoms. The Balaban J connectivity index is 2.01. The second-order valence-corrected chi connectivity index (χ2v) is 8.36. The number of amides is 1. The van der Waals surface area contributed by atoms with Crippen molar-refractivity contribution in [2.75, 3.05) is 46.3 Å². The fraction of sp³-hybridized carbons (Fsp3) is 0.300. The predicted octanol–water partition coefficient (Wildman–Crippen LogP) is 4.28. The molecule has 0 atom stereocenters. The zero-order chi connectivity index (χ0) is 20.3. The number of thiazole rings is 1. The van der Waals surface area contributed by atoms with E-state index in [0.717, 1.165) is 21.2 Å². The number of methoxy groups -OCH3 is 2. The smallest absolute Gasteiger partial charge is 0.260 e. The zero-order valence-electron chi connectivity index (χ0n) is 16.2. The van der Waals surface area contributed by atoms with Gasteiger partial charge in [-0.05, 0) is 38.4 Å². The average molecular weight is 464 g/mol. The summed E-state index contributed by atoms with van der Waals surface area (Å²) in [6.45, 7) is 1.26. The molecule has 8 heteroatoms. The third kappa shape index (κ3) is 4.45. The molecule has 0 aliphatic heterocycles. The molecule has 1 aromatic heterocycles. The number of carbonyl (C=O) groups is 1. The number of likely N-dealkylation sites (N-methyl/N-ethyl adjacent to an activating group) is 1. The van der Waals surface area contributed by atoms with Crippen LogP contribution in [-0.2, 0) is 0 Å². The minimum absolute atomic E-state index is 0.0765. The van der Waals surface area contributed by atoms with Crippen molar-refractivity contribution >= 4 is 48.5 Å². The van der Waals surface area contributed by atoms with E-state index < -0.39 is 0 Å². The van der Waals surface area contributed by atoms with Crippen LogP contribution in [0.3, 0.4) is 0 Å². The van der Waals surface area contributed by atoms with Crippen LogP contribution in [0, 0.1) is 0 Å². The maximum absolute atomic E-state index is 13.2. The lowest BCUT2D eigenvalue weighted by Gasteiger charge is -2.22. The second-order valence-electron chi connectivity index (χ2n) is 6.44. The minimum Gasteiger partial charge on any atom is -0.493 e. The molecule has 148 valence electrons. The maximum Gasteiger partial charge on any atom is 0.260 e. The van der Waals surface area contributed by atoms with E-state index in [1.54, 1.807) is 19.1 Å². The molecular formula is C20H22BrN3O3S. The molecule has 0 aliphatic carbocycles. The highest BCUT2D eigenvalue weighted by Crippen LogP contribution is 2.37. The second kappa shape index (κ2) is 8.89. The van der Waals surface area contributed by atoms with Gasteiger partial charge in [0.2, 0.25) is 0 Å². The molecule has 28 heavy (non-hydrogen) atoms. The van der Waals surface area contributed by atoms with Gasteiger partial charge in [-0.25, -0.2) is 4.98 Å². The molecule has 0 radical (unpaired) electrons. The van der Waals surface area contributed by atoms with Crippen molar-refractivity contribution in [3.8, 4) is 11.5 Å². The Morgan fingerprint density at radius 2 is 1.71 bits per heavy atom. The number of benzene rings is 2. The third-order valence-corrected chi connectivity index (χ3v) is 5.79. The van der Waals surface area contributed by atoms with E-state index in [9.17, 15) is 4.79 Å². The van der Waals surface area contributed by atoms with Gasteiger partial charge < -0.3 is 14.4 Å². The lowest BCUT2D eigenvalue weighted by Crippen LogP contribution is -2.36. The van der Waals surface area contributed by atoms with Crippen molar-refractivity contribution in [2.45, 2.75) is 0 Å². The van der Waals surface area contributed by atoms with Crippen LogP contribution in [0.5, 0.6) is 11.5 Å². The van der Waals surface area contributed by atoms with Crippen LogP contribution < -0.4 is 14.4 Å². The van der Waals surface area contributed by atoms with Crippen LogP contribution in [0.1, 0.15) is 10.4 Å². The van der Waals surface area contributed by atoms with Crippen molar-refractivity contribution < 1.29 is 14.3 Å². The van der Waals surface area contributed by atoms with Gasteiger partial charge in [0.05, 0.1) is 24.4 Å². The monoisotopic (exact) mass is 463 g/mol. The molecule has 0 fully saturated rings. The molecule has 6 nitrogen and oxygen atoms in total. The fourth-order valence-corrected chi connectivity index (χ4v) is 3.96. The molecule has 0 N–H and O–H groups in total. The first-order valence-electron chi connectivity index (χ1n) is 8.67. The number of rotatable bonds is 7. The summed E-state index contributed by atoms with van der Waals surface area (Å²) in [4.78, 5) is 21.7. The third-order valence-electron chi connectivity index (χ3n) is 4.22. The van der Waals surface area contributed by atoms with E-state index in [1.807, 2.05) is 55.4 Å². The van der Waals surface area contributed by atoms with Crippen molar-refractivity contribution in [3.63, 3.8) is 0 Å². The lowest BCUT2D eigenvalue weighted by atomic mass is 10.2. The quantitative estimate of drug-likeness (QED) is 0.523. The van der Waals surface area contributed by atoms with Gasteiger partial charge in [0.25, 0.3) is 5.91 Å². The number of aromatic nitrogens is 1. The molecule has 0 saturated carbocycles. The van der Waals surface area contributed by atoms with Crippen LogP contribution in [0.15, 0.2) is 40.9 Å². The van der Waals surface area contributed by atoms with E-state index in [2.05, 4.69) is 15.9 Å². The number of hydrogen-bond acceptors (Lipinski definition) is 6. The fourth-order valence-electron chi connectivity index (χ4n) is 2.69. The number of hydrogen-bond donors (Lipinski definition) is 0. The van der Waals surface area contributed by atoms with Gasteiger partial charge in [-0.1, -0.05) is 27.3 Å². The van der Waals surface area contributed by atoms with Gasteiger partial charge in [0.15, 0.2) is 16.6 Å². The minimum atomic E-state index is -0.0765. The van der Waals surface area contributed by atoms with Crippen molar-refractivity contribution in [3.05, 3.63) is 46.4 Å². The molecule has 1 amide bonds. The predicted molar refractivity (Wildman–Crippen MR) is 117 cm³/mol. The highest BCUT2D eigenvalue weighted by Gasteiger charge is 2.22. The molecule has 0 saturated heterocycles. The zero-order valence-corrected chi connectivity index (χ0v) is 18.6. The Morgan fingerprint density at radius 1 is 1.07 bits per heavy atom. The summed E-state index contributed by atoms with van der Waals surface area (Å²) in [5.41, 5.74) is 1.40. The van der Waals surface area contributed by atoms with Gasteiger partial charge in [0, 0.05) is 35.3 Å². The highest BCUT2D eigenvalue weighted by atomic mass is 79.9. The first-order chi connectivity index (χ1) is 13.4. The number of halogens is 1. The standard InChI is InChI=1S/C20H22BrN3O3S/c1-23(2)9-10-24(19(25)13-5-7-14(21)8-6-13)20-22-15-11-16(26-3)17(27-4)12-18(15)28-20/h5-8,11-12H,9-10H2,1-4H3. The SMILES string of the molecule is COc1cc2nc(N(CCN(C)C)C(=O)c3ccc(Br)cc3)sc2cc1OC. The van der Waals surface area contributed by atoms with Crippen molar-refractivity contribution in [1.82, 2.24) is 9.88 Å². The van der Waals surface area contributed by atoms with E-state index in [1.165, 1.54) is 11.3 Å². The average Bonchev–Trinajstić information content (AvgIpc) is 3.09. The maximum atomic E-state index is 13.2. The number of ether oxygens (including phenoxy) is 2. The summed E-state index contributed by atoms with van der Waals surface area (Å²) in [6.07, 6.45) is 0. The Hall–Kier alpha value is -2.16. The first kappa shape index (κ1) is 20.6. The summed E-state index contributed by atoms with van der Waals surface area (Å²) in [6, 6.07) is 11.1. The largest absolute Gasteiger partial charge is 0.493 e. The molecule has 2 aromatic carbocycles. The summed E-state index contributed by atoms with van der Waals surface area (Å²) >= 11 is 4.87. The number of fused-ring (bicyclic) bond motifs is 1. The van der Waals surface area contributed by atoms with Gasteiger partial charge in [-0.15, -0.1) is 0 Å². The molecule has 3 rings (SSSR count). The number of nitrogens with zero attached hydrogens (tertiary/aromatic N) is 3. The van der Waals surface area contributed by atoms with Crippen LogP contribution >= 0.6 is 27.3 Å². The van der Waals surface area contributed by atoms with E-state index >= 15 is 0 Å². The van der Waals surface area contributed by atoms with Crippen molar-refractivity contribution in [1.29, 1.82) is 0 Å². The highest BCUT2D eigenvalue weighted by molar-refractivity contribution is 9.10. The topological polar surface area (TPSA) is 54.9 Å². The summed E-state index contributed by atoms with van der Waals surface area (Å²) in [7, 11) is 7.16. The molecule has 3 aromatic rings. The first-order valence-corrected chi connectivity index (χ1v) is 10.3. The summed E-state index contributed by atoms with van der Waals surface area (Å²) < 4.78 is 12.6. The van der Waals surface area contributed by atoms with Gasteiger partial charge in [-0.2, -0.15) is 0 Å². The molecule has 0 bridgehead atoms.